The lowest BCUT2D eigenvalue weighted by Crippen LogP contribution is -2.45. The van der Waals surface area contributed by atoms with E-state index in [1.165, 1.54) is 5.92 Å². The van der Waals surface area contributed by atoms with Gasteiger partial charge in [-0.2, -0.15) is 18.4 Å². The van der Waals surface area contributed by atoms with Crippen molar-refractivity contribution in [2.24, 2.45) is 4.99 Å². The SMILES string of the molecule is CC1=CN(C)N2C(=C1)N=C(CC#CC(F)(F)F)C2Cc1ccc(-c2ccccc2-c2nn[nH]n2)cc1. The molecule has 3 heterocycles. The Morgan fingerprint density at radius 1 is 1.06 bits per heavy atom. The Bertz CT molecular complexity index is 1410. The average molecular weight is 490 g/mol. The molecule has 1 atom stereocenters. The standard InChI is InChI=1S/C26H22F3N7/c1-17-14-24-30-22(8-5-13-26(27,28)29)23(36(24)35(2)16-17)15-18-9-11-19(12-10-18)20-6-3-4-7-21(20)25-31-33-34-32-25/h3-4,6-7,9-12,14,16,23H,8,15H2,1-2H3,(H,31,32,33,34). The number of rotatable bonds is 5. The van der Waals surface area contributed by atoms with Crippen molar-refractivity contribution in [2.75, 3.05) is 7.05 Å². The number of hydrogen-bond acceptors (Lipinski definition) is 6. The maximum atomic E-state index is 12.6. The van der Waals surface area contributed by atoms with E-state index in [2.05, 4.69) is 31.5 Å². The second-order valence-corrected chi connectivity index (χ2v) is 8.57. The molecule has 0 aliphatic carbocycles. The van der Waals surface area contributed by atoms with Crippen LogP contribution in [0.15, 0.2) is 77.2 Å². The molecule has 2 aliphatic heterocycles. The lowest BCUT2D eigenvalue weighted by Gasteiger charge is -2.37. The first-order chi connectivity index (χ1) is 17.3. The van der Waals surface area contributed by atoms with Crippen molar-refractivity contribution in [3.8, 4) is 34.4 Å². The van der Waals surface area contributed by atoms with Gasteiger partial charge in [-0.25, -0.2) is 4.99 Å². The fourth-order valence-corrected chi connectivity index (χ4v) is 4.50. The lowest BCUT2D eigenvalue weighted by molar-refractivity contribution is -0.0697. The highest BCUT2D eigenvalue weighted by atomic mass is 19.4. The molecule has 7 nitrogen and oxygen atoms in total. The zero-order chi connectivity index (χ0) is 25.3. The summed E-state index contributed by atoms with van der Waals surface area (Å²) in [5.41, 5.74) is 5.47. The molecular weight excluding hydrogens is 467 g/mol. The number of benzene rings is 2. The van der Waals surface area contributed by atoms with Crippen molar-refractivity contribution in [3.05, 3.63) is 77.8 Å². The van der Waals surface area contributed by atoms with Crippen molar-refractivity contribution in [3.63, 3.8) is 0 Å². The number of halogens is 3. The minimum absolute atomic E-state index is 0.0545. The molecule has 1 unspecified atom stereocenters. The molecule has 1 aromatic heterocycles. The number of aromatic amines is 1. The molecule has 10 heteroatoms. The van der Waals surface area contributed by atoms with Crippen LogP contribution in [0.3, 0.4) is 0 Å². The molecule has 0 bridgehead atoms. The summed E-state index contributed by atoms with van der Waals surface area (Å²) < 4.78 is 37.8. The molecular formula is C26H22F3N7. The smallest absolute Gasteiger partial charge is 0.293 e. The molecule has 0 radical (unpaired) electrons. The van der Waals surface area contributed by atoms with Gasteiger partial charge < -0.3 is 0 Å². The third-order valence-electron chi connectivity index (χ3n) is 5.97. The van der Waals surface area contributed by atoms with Crippen molar-refractivity contribution in [2.45, 2.75) is 32.0 Å². The monoisotopic (exact) mass is 489 g/mol. The number of aliphatic imine (C=N–C) groups is 1. The molecule has 5 rings (SSSR count). The van der Waals surface area contributed by atoms with Crippen LogP contribution in [-0.4, -0.2) is 55.6 Å². The van der Waals surface area contributed by atoms with Crippen LogP contribution in [0.4, 0.5) is 13.2 Å². The number of alkyl halides is 3. The molecule has 36 heavy (non-hydrogen) atoms. The van der Waals surface area contributed by atoms with Crippen LogP contribution in [0.25, 0.3) is 22.5 Å². The fourth-order valence-electron chi connectivity index (χ4n) is 4.50. The van der Waals surface area contributed by atoms with Gasteiger partial charge in [0.2, 0.25) is 5.82 Å². The maximum absolute atomic E-state index is 12.6. The summed E-state index contributed by atoms with van der Waals surface area (Å²) in [6.07, 6.45) is -0.123. The number of nitrogens with zero attached hydrogens (tertiary/aromatic N) is 6. The Kier molecular flexibility index (Phi) is 6.06. The molecule has 3 aromatic rings. The molecule has 0 saturated carbocycles. The first-order valence-corrected chi connectivity index (χ1v) is 11.3. The first kappa shape index (κ1) is 23.4. The van der Waals surface area contributed by atoms with E-state index in [0.29, 0.717) is 23.8 Å². The Labute approximate surface area is 206 Å². The molecule has 1 N–H and O–H groups in total. The number of H-pyrrole nitrogens is 1. The van der Waals surface area contributed by atoms with E-state index in [4.69, 9.17) is 0 Å². The highest BCUT2D eigenvalue weighted by Crippen LogP contribution is 2.33. The van der Waals surface area contributed by atoms with Gasteiger partial charge in [0.15, 0.2) is 0 Å². The van der Waals surface area contributed by atoms with Crippen LogP contribution in [0.2, 0.25) is 0 Å². The molecule has 0 fully saturated rings. The Morgan fingerprint density at radius 3 is 2.50 bits per heavy atom. The number of allylic oxidation sites excluding steroid dienone is 2. The Balaban J connectivity index is 1.41. The highest BCUT2D eigenvalue weighted by Gasteiger charge is 2.35. The van der Waals surface area contributed by atoms with Crippen molar-refractivity contribution in [1.29, 1.82) is 0 Å². The maximum Gasteiger partial charge on any atom is 0.457 e. The van der Waals surface area contributed by atoms with Gasteiger partial charge in [0.05, 0.1) is 18.2 Å². The van der Waals surface area contributed by atoms with Gasteiger partial charge in [-0.15, -0.1) is 10.2 Å². The quantitative estimate of drug-likeness (QED) is 0.523. The molecule has 2 aromatic carbocycles. The van der Waals surface area contributed by atoms with Crippen LogP contribution in [0.1, 0.15) is 18.9 Å². The summed E-state index contributed by atoms with van der Waals surface area (Å²) in [7, 11) is 1.90. The van der Waals surface area contributed by atoms with Crippen LogP contribution in [0, 0.1) is 11.8 Å². The van der Waals surface area contributed by atoms with Crippen molar-refractivity contribution < 1.29 is 13.2 Å². The zero-order valence-corrected chi connectivity index (χ0v) is 19.6. The highest BCUT2D eigenvalue weighted by molar-refractivity contribution is 5.94. The van der Waals surface area contributed by atoms with Gasteiger partial charge >= 0.3 is 6.18 Å². The summed E-state index contributed by atoms with van der Waals surface area (Å²) in [6.45, 7) is 1.96. The van der Waals surface area contributed by atoms with Crippen molar-refractivity contribution >= 4 is 5.71 Å². The number of aromatic nitrogens is 4. The summed E-state index contributed by atoms with van der Waals surface area (Å²) in [6, 6.07) is 15.6. The van der Waals surface area contributed by atoms with Gasteiger partial charge in [-0.3, -0.25) is 10.0 Å². The zero-order valence-electron chi connectivity index (χ0n) is 19.6. The van der Waals surface area contributed by atoms with Gasteiger partial charge in [-0.1, -0.05) is 54.5 Å². The predicted molar refractivity (Wildman–Crippen MR) is 130 cm³/mol. The summed E-state index contributed by atoms with van der Waals surface area (Å²) in [4.78, 5) is 4.64. The van der Waals surface area contributed by atoms with Gasteiger partial charge in [0.25, 0.3) is 0 Å². The summed E-state index contributed by atoms with van der Waals surface area (Å²) in [5, 5.41) is 18.3. The number of tetrazole rings is 1. The number of nitrogens with one attached hydrogen (secondary N) is 1. The minimum atomic E-state index is -4.52. The predicted octanol–water partition coefficient (Wildman–Crippen LogP) is 4.76. The molecule has 0 spiro atoms. The topological polar surface area (TPSA) is 73.3 Å². The van der Waals surface area contributed by atoms with E-state index >= 15 is 0 Å². The van der Waals surface area contributed by atoms with E-state index < -0.39 is 6.18 Å². The van der Waals surface area contributed by atoms with Crippen LogP contribution < -0.4 is 0 Å². The van der Waals surface area contributed by atoms with E-state index in [1.54, 1.807) is 0 Å². The third kappa shape index (κ3) is 4.86. The Morgan fingerprint density at radius 2 is 1.81 bits per heavy atom. The molecule has 0 saturated heterocycles. The average Bonchev–Trinajstić information content (AvgIpc) is 3.48. The summed E-state index contributed by atoms with van der Waals surface area (Å²) in [5.74, 6) is 4.84. The van der Waals surface area contributed by atoms with Crippen LogP contribution in [0.5, 0.6) is 0 Å². The normalized spacial score (nSPS) is 17.1. The lowest BCUT2D eigenvalue weighted by atomic mass is 9.95. The second kappa shape index (κ2) is 9.34. The second-order valence-electron chi connectivity index (χ2n) is 8.57. The van der Waals surface area contributed by atoms with E-state index in [0.717, 1.165) is 27.8 Å². The van der Waals surface area contributed by atoms with Gasteiger partial charge in [0.1, 0.15) is 5.82 Å². The number of hydrogen-bond donors (Lipinski definition) is 1. The number of hydrazine groups is 1. The fraction of sp³-hybridized carbons (Fsp3) is 0.231. The van der Waals surface area contributed by atoms with E-state index in [9.17, 15) is 13.2 Å². The first-order valence-electron chi connectivity index (χ1n) is 11.3. The third-order valence-corrected chi connectivity index (χ3v) is 5.97. The molecule has 182 valence electrons. The molecule has 0 amide bonds. The largest absolute Gasteiger partial charge is 0.457 e. The molecule has 2 aliphatic rings. The van der Waals surface area contributed by atoms with Gasteiger partial charge in [0, 0.05) is 31.2 Å². The van der Waals surface area contributed by atoms with E-state index in [-0.39, 0.29) is 12.5 Å². The van der Waals surface area contributed by atoms with E-state index in [1.807, 2.05) is 84.8 Å². The van der Waals surface area contributed by atoms with Crippen molar-refractivity contribution in [1.82, 2.24) is 30.6 Å². The number of fused-ring (bicyclic) bond motifs is 1. The Hall–Kier alpha value is -4.39. The minimum Gasteiger partial charge on any atom is -0.293 e. The summed E-state index contributed by atoms with van der Waals surface area (Å²) >= 11 is 0. The van der Waals surface area contributed by atoms with Crippen LogP contribution >= 0.6 is 0 Å². The van der Waals surface area contributed by atoms with Crippen LogP contribution in [-0.2, 0) is 6.42 Å². The van der Waals surface area contributed by atoms with Gasteiger partial charge in [-0.05, 0) is 40.5 Å².